The first-order chi connectivity index (χ1) is 15.2. The Balaban J connectivity index is 1.40. The van der Waals surface area contributed by atoms with Crippen molar-refractivity contribution < 1.29 is 13.3 Å². The highest BCUT2D eigenvalue weighted by molar-refractivity contribution is 7.89. The average molecular weight is 513 g/mol. The van der Waals surface area contributed by atoms with Crippen LogP contribution in [0.15, 0.2) is 52.7 Å². The van der Waals surface area contributed by atoms with E-state index in [2.05, 4.69) is 9.88 Å². The number of nitro benzene ring substituents is 1. The van der Waals surface area contributed by atoms with E-state index >= 15 is 0 Å². The average Bonchev–Trinajstić information content (AvgIpc) is 3.21. The number of non-ortho nitro benzene ring substituents is 1. The van der Waals surface area contributed by atoms with Crippen LogP contribution in [0, 0.1) is 10.1 Å². The SMILES string of the molecule is O=[N+]([O-])c1ccc(S(=O)(=O)N2CCN(c3nc(Cc4cc(Cl)cc(Cl)c4)cs3)CC2)cc1. The van der Waals surface area contributed by atoms with Crippen molar-refractivity contribution in [3.05, 3.63) is 79.3 Å². The van der Waals surface area contributed by atoms with Gasteiger partial charge in [-0.3, -0.25) is 10.1 Å². The highest BCUT2D eigenvalue weighted by Gasteiger charge is 2.29. The molecule has 3 aromatic rings. The summed E-state index contributed by atoms with van der Waals surface area (Å²) in [6.45, 7) is 1.61. The molecule has 1 aliphatic heterocycles. The third-order valence-electron chi connectivity index (χ3n) is 5.04. The summed E-state index contributed by atoms with van der Waals surface area (Å²) in [7, 11) is -3.71. The molecular formula is C20H18Cl2N4O4S2. The first-order valence-electron chi connectivity index (χ1n) is 9.61. The lowest BCUT2D eigenvalue weighted by atomic mass is 10.1. The Kier molecular flexibility index (Phi) is 6.68. The molecule has 2 heterocycles. The summed E-state index contributed by atoms with van der Waals surface area (Å²) in [4.78, 5) is 17.0. The Hall–Kier alpha value is -2.24. The molecule has 8 nitrogen and oxygen atoms in total. The summed E-state index contributed by atoms with van der Waals surface area (Å²) in [5, 5.41) is 14.8. The van der Waals surface area contributed by atoms with Gasteiger partial charge in [-0.2, -0.15) is 4.31 Å². The minimum Gasteiger partial charge on any atom is -0.345 e. The number of hydrogen-bond donors (Lipinski definition) is 0. The molecule has 1 aromatic heterocycles. The lowest BCUT2D eigenvalue weighted by Crippen LogP contribution is -2.48. The van der Waals surface area contributed by atoms with E-state index in [4.69, 9.17) is 23.2 Å². The topological polar surface area (TPSA) is 96.6 Å². The fourth-order valence-electron chi connectivity index (χ4n) is 3.45. The molecule has 0 saturated carbocycles. The number of halogens is 2. The van der Waals surface area contributed by atoms with Crippen LogP contribution in [0.25, 0.3) is 0 Å². The second-order valence-corrected chi connectivity index (χ2v) is 10.9. The highest BCUT2D eigenvalue weighted by Crippen LogP contribution is 2.27. The molecule has 0 amide bonds. The van der Waals surface area contributed by atoms with E-state index in [1.807, 2.05) is 17.5 Å². The van der Waals surface area contributed by atoms with Crippen molar-refractivity contribution in [3.63, 3.8) is 0 Å². The van der Waals surface area contributed by atoms with E-state index in [9.17, 15) is 18.5 Å². The molecule has 0 bridgehead atoms. The Bertz CT molecular complexity index is 1220. The summed E-state index contributed by atoms with van der Waals surface area (Å²) in [6, 6.07) is 10.3. The van der Waals surface area contributed by atoms with Crippen molar-refractivity contribution in [2.45, 2.75) is 11.3 Å². The quantitative estimate of drug-likeness (QED) is 0.357. The predicted molar refractivity (Wildman–Crippen MR) is 125 cm³/mol. The second-order valence-electron chi connectivity index (χ2n) is 7.22. The first-order valence-corrected chi connectivity index (χ1v) is 12.7. The zero-order chi connectivity index (χ0) is 22.9. The fraction of sp³-hybridized carbons (Fsp3) is 0.250. The van der Waals surface area contributed by atoms with Gasteiger partial charge in [0.05, 0.1) is 15.5 Å². The van der Waals surface area contributed by atoms with Gasteiger partial charge in [-0.15, -0.1) is 11.3 Å². The zero-order valence-electron chi connectivity index (χ0n) is 16.6. The molecular weight excluding hydrogens is 495 g/mol. The van der Waals surface area contributed by atoms with E-state index in [0.717, 1.165) is 16.4 Å². The number of rotatable bonds is 6. The summed E-state index contributed by atoms with van der Waals surface area (Å²) in [5.41, 5.74) is 1.72. The lowest BCUT2D eigenvalue weighted by Gasteiger charge is -2.33. The molecule has 0 spiro atoms. The molecule has 0 unspecified atom stereocenters. The molecule has 0 N–H and O–H groups in total. The molecule has 168 valence electrons. The van der Waals surface area contributed by atoms with Gasteiger partial charge in [0.1, 0.15) is 0 Å². The third kappa shape index (κ3) is 5.05. The van der Waals surface area contributed by atoms with Gasteiger partial charge in [-0.05, 0) is 35.9 Å². The normalized spacial score (nSPS) is 15.1. The molecule has 1 saturated heterocycles. The van der Waals surface area contributed by atoms with Crippen molar-refractivity contribution in [2.24, 2.45) is 0 Å². The number of nitrogens with zero attached hydrogens (tertiary/aromatic N) is 4. The van der Waals surface area contributed by atoms with Gasteiger partial charge in [0, 0.05) is 60.2 Å². The largest absolute Gasteiger partial charge is 0.345 e. The Morgan fingerprint density at radius 3 is 2.25 bits per heavy atom. The Morgan fingerprint density at radius 2 is 1.66 bits per heavy atom. The second kappa shape index (κ2) is 9.32. The number of benzene rings is 2. The fourth-order valence-corrected chi connectivity index (χ4v) is 6.33. The molecule has 0 radical (unpaired) electrons. The van der Waals surface area contributed by atoms with Gasteiger partial charge in [0.2, 0.25) is 10.0 Å². The van der Waals surface area contributed by atoms with Gasteiger partial charge < -0.3 is 4.90 Å². The van der Waals surface area contributed by atoms with E-state index in [1.165, 1.54) is 39.9 Å². The van der Waals surface area contributed by atoms with Crippen molar-refractivity contribution in [1.82, 2.24) is 9.29 Å². The standard InChI is InChI=1S/C20H18Cl2N4O4S2/c21-15-9-14(10-16(22)12-15)11-17-13-31-20(23-17)24-5-7-25(8-6-24)32(29,30)19-3-1-18(2-4-19)26(27)28/h1-4,9-10,12-13H,5-8,11H2. The van der Waals surface area contributed by atoms with Crippen LogP contribution in [0.1, 0.15) is 11.3 Å². The van der Waals surface area contributed by atoms with Crippen molar-refractivity contribution in [3.8, 4) is 0 Å². The number of piperazine rings is 1. The monoisotopic (exact) mass is 512 g/mol. The van der Waals surface area contributed by atoms with Crippen LogP contribution >= 0.6 is 34.5 Å². The Morgan fingerprint density at radius 1 is 1.03 bits per heavy atom. The third-order valence-corrected chi connectivity index (χ3v) is 8.34. The van der Waals surface area contributed by atoms with E-state index in [0.29, 0.717) is 42.6 Å². The number of hydrogen-bond acceptors (Lipinski definition) is 7. The summed E-state index contributed by atoms with van der Waals surface area (Å²) in [5.74, 6) is 0. The molecule has 0 atom stereocenters. The molecule has 1 aliphatic rings. The van der Waals surface area contributed by atoms with Crippen LogP contribution in [-0.2, 0) is 16.4 Å². The smallest absolute Gasteiger partial charge is 0.269 e. The summed E-state index contributed by atoms with van der Waals surface area (Å²) >= 11 is 13.6. The molecule has 12 heteroatoms. The summed E-state index contributed by atoms with van der Waals surface area (Å²) in [6.07, 6.45) is 0.602. The number of thiazole rings is 1. The molecule has 0 aliphatic carbocycles. The zero-order valence-corrected chi connectivity index (χ0v) is 19.8. The summed E-state index contributed by atoms with van der Waals surface area (Å²) < 4.78 is 27.1. The van der Waals surface area contributed by atoms with Gasteiger partial charge in [-0.1, -0.05) is 23.2 Å². The van der Waals surface area contributed by atoms with Crippen molar-refractivity contribution in [2.75, 3.05) is 31.1 Å². The lowest BCUT2D eigenvalue weighted by molar-refractivity contribution is -0.384. The maximum Gasteiger partial charge on any atom is 0.269 e. The predicted octanol–water partition coefficient (Wildman–Crippen LogP) is 4.46. The van der Waals surface area contributed by atoms with Crippen LogP contribution in [0.5, 0.6) is 0 Å². The maximum atomic E-state index is 12.9. The minimum atomic E-state index is -3.71. The first kappa shape index (κ1) is 22.9. The van der Waals surface area contributed by atoms with Gasteiger partial charge in [-0.25, -0.2) is 13.4 Å². The number of aromatic nitrogens is 1. The van der Waals surface area contributed by atoms with Crippen LogP contribution < -0.4 is 4.90 Å². The maximum absolute atomic E-state index is 12.9. The van der Waals surface area contributed by atoms with Crippen LogP contribution in [0.2, 0.25) is 10.0 Å². The number of anilines is 1. The van der Waals surface area contributed by atoms with Gasteiger partial charge in [0.25, 0.3) is 5.69 Å². The molecule has 32 heavy (non-hydrogen) atoms. The van der Waals surface area contributed by atoms with Gasteiger partial charge in [0.15, 0.2) is 5.13 Å². The van der Waals surface area contributed by atoms with Crippen LogP contribution in [-0.4, -0.2) is 48.8 Å². The Labute approximate surface area is 199 Å². The van der Waals surface area contributed by atoms with E-state index in [-0.39, 0.29) is 10.6 Å². The molecule has 2 aromatic carbocycles. The van der Waals surface area contributed by atoms with E-state index in [1.54, 1.807) is 6.07 Å². The van der Waals surface area contributed by atoms with Crippen molar-refractivity contribution >= 4 is 55.4 Å². The van der Waals surface area contributed by atoms with Crippen LogP contribution in [0.4, 0.5) is 10.8 Å². The van der Waals surface area contributed by atoms with Gasteiger partial charge >= 0.3 is 0 Å². The molecule has 1 fully saturated rings. The molecule has 4 rings (SSSR count). The van der Waals surface area contributed by atoms with E-state index < -0.39 is 14.9 Å². The number of sulfonamides is 1. The number of nitro groups is 1. The minimum absolute atomic E-state index is 0.0493. The van der Waals surface area contributed by atoms with Crippen LogP contribution in [0.3, 0.4) is 0 Å². The van der Waals surface area contributed by atoms with Crippen molar-refractivity contribution in [1.29, 1.82) is 0 Å². The highest BCUT2D eigenvalue weighted by atomic mass is 35.5.